The number of pyridine rings is 1. The number of aromatic nitrogens is 1. The van der Waals surface area contributed by atoms with Gasteiger partial charge in [-0.3, -0.25) is 4.98 Å². The number of nitrogens with one attached hydrogen (secondary N) is 1. The first-order chi connectivity index (χ1) is 8.66. The number of anilines is 1. The zero-order valence-electron chi connectivity index (χ0n) is 10.7. The molecule has 0 saturated carbocycles. The van der Waals surface area contributed by atoms with Crippen LogP contribution in [0.4, 0.5) is 10.1 Å². The van der Waals surface area contributed by atoms with E-state index in [0.717, 1.165) is 16.9 Å². The van der Waals surface area contributed by atoms with Crippen molar-refractivity contribution in [1.82, 2.24) is 4.98 Å². The fourth-order valence-electron chi connectivity index (χ4n) is 1.95. The maximum Gasteiger partial charge on any atom is 0.126 e. The summed E-state index contributed by atoms with van der Waals surface area (Å²) in [6.45, 7) is 4.00. The topological polar surface area (TPSA) is 24.9 Å². The molecule has 18 heavy (non-hydrogen) atoms. The Labute approximate surface area is 107 Å². The molecule has 2 rings (SSSR count). The average molecular weight is 244 g/mol. The van der Waals surface area contributed by atoms with Crippen LogP contribution in [0.15, 0.2) is 42.6 Å². The molecule has 1 unspecified atom stereocenters. The second kappa shape index (κ2) is 5.63. The molecule has 1 N–H and O–H groups in total. The third-order valence-electron chi connectivity index (χ3n) is 2.89. The minimum Gasteiger partial charge on any atom is -0.381 e. The van der Waals surface area contributed by atoms with Crippen LogP contribution in [0.25, 0.3) is 0 Å². The molecule has 0 saturated heterocycles. The van der Waals surface area contributed by atoms with E-state index in [9.17, 15) is 4.39 Å². The van der Waals surface area contributed by atoms with E-state index in [1.807, 2.05) is 38.1 Å². The van der Waals surface area contributed by atoms with Gasteiger partial charge in [0.25, 0.3) is 0 Å². The Balaban J connectivity index is 2.04. The van der Waals surface area contributed by atoms with Crippen molar-refractivity contribution >= 4 is 5.69 Å². The van der Waals surface area contributed by atoms with Crippen molar-refractivity contribution in [2.45, 2.75) is 26.3 Å². The first-order valence-electron chi connectivity index (χ1n) is 6.08. The molecule has 0 amide bonds. The highest BCUT2D eigenvalue weighted by Gasteiger charge is 2.08. The van der Waals surface area contributed by atoms with Crippen molar-refractivity contribution in [2.75, 3.05) is 5.32 Å². The summed E-state index contributed by atoms with van der Waals surface area (Å²) in [5.41, 5.74) is 2.69. The number of halogens is 1. The molecule has 0 aliphatic carbocycles. The number of rotatable bonds is 4. The van der Waals surface area contributed by atoms with Crippen molar-refractivity contribution in [3.8, 4) is 0 Å². The van der Waals surface area contributed by atoms with Gasteiger partial charge < -0.3 is 5.32 Å². The summed E-state index contributed by atoms with van der Waals surface area (Å²) >= 11 is 0. The van der Waals surface area contributed by atoms with E-state index in [4.69, 9.17) is 0 Å². The Morgan fingerprint density at radius 1 is 1.22 bits per heavy atom. The first-order valence-corrected chi connectivity index (χ1v) is 6.08. The summed E-state index contributed by atoms with van der Waals surface area (Å²) in [6.07, 6.45) is 2.42. The molecular formula is C15H17FN2. The lowest BCUT2D eigenvalue weighted by Crippen LogP contribution is -2.19. The van der Waals surface area contributed by atoms with Crippen molar-refractivity contribution in [2.24, 2.45) is 0 Å². The Hall–Kier alpha value is -1.90. The Bertz CT molecular complexity index is 478. The van der Waals surface area contributed by atoms with Gasteiger partial charge in [0.1, 0.15) is 5.82 Å². The van der Waals surface area contributed by atoms with Crippen LogP contribution in [-0.2, 0) is 6.42 Å². The third-order valence-corrected chi connectivity index (χ3v) is 2.89. The Morgan fingerprint density at radius 3 is 2.72 bits per heavy atom. The molecule has 1 aromatic carbocycles. The van der Waals surface area contributed by atoms with Crippen LogP contribution >= 0.6 is 0 Å². The van der Waals surface area contributed by atoms with Gasteiger partial charge in [-0.1, -0.05) is 18.2 Å². The zero-order valence-corrected chi connectivity index (χ0v) is 10.7. The highest BCUT2D eigenvalue weighted by Crippen LogP contribution is 2.15. The average Bonchev–Trinajstić information content (AvgIpc) is 2.35. The van der Waals surface area contributed by atoms with Gasteiger partial charge in [-0.15, -0.1) is 0 Å². The van der Waals surface area contributed by atoms with E-state index >= 15 is 0 Å². The summed E-state index contributed by atoms with van der Waals surface area (Å²) < 4.78 is 13.5. The van der Waals surface area contributed by atoms with Crippen molar-refractivity contribution in [1.29, 1.82) is 0 Å². The predicted octanol–water partition coefficient (Wildman–Crippen LogP) is 3.57. The number of hydrogen-bond donors (Lipinski definition) is 1. The minimum absolute atomic E-state index is 0.144. The summed E-state index contributed by atoms with van der Waals surface area (Å²) in [5.74, 6) is -0.144. The quantitative estimate of drug-likeness (QED) is 0.889. The normalized spacial score (nSPS) is 12.2. The molecule has 1 heterocycles. The molecule has 0 aliphatic rings. The summed E-state index contributed by atoms with van der Waals surface area (Å²) in [4.78, 5) is 4.22. The number of hydrogen-bond acceptors (Lipinski definition) is 2. The predicted molar refractivity (Wildman–Crippen MR) is 72.2 cm³/mol. The van der Waals surface area contributed by atoms with Crippen molar-refractivity contribution in [3.05, 3.63) is 59.7 Å². The number of benzene rings is 1. The molecule has 0 aliphatic heterocycles. The van der Waals surface area contributed by atoms with Gasteiger partial charge in [-0.25, -0.2) is 4.39 Å². The maximum atomic E-state index is 13.5. The Morgan fingerprint density at radius 2 is 2.00 bits per heavy atom. The standard InChI is InChI=1S/C15H17FN2/c1-11(10-13-6-3-4-7-14(13)16)18-15-8-5-9-17-12(15)2/h3-9,11,18H,10H2,1-2H3. The SMILES string of the molecule is Cc1ncccc1NC(C)Cc1ccccc1F. The molecule has 2 nitrogen and oxygen atoms in total. The smallest absolute Gasteiger partial charge is 0.126 e. The van der Waals surface area contributed by atoms with E-state index in [0.29, 0.717) is 6.42 Å². The van der Waals surface area contributed by atoms with Crippen molar-refractivity contribution in [3.63, 3.8) is 0 Å². The van der Waals surface area contributed by atoms with E-state index in [2.05, 4.69) is 10.3 Å². The highest BCUT2D eigenvalue weighted by molar-refractivity contribution is 5.47. The lowest BCUT2D eigenvalue weighted by molar-refractivity contribution is 0.601. The lowest BCUT2D eigenvalue weighted by Gasteiger charge is -2.16. The summed E-state index contributed by atoms with van der Waals surface area (Å²) in [7, 11) is 0. The van der Waals surface area contributed by atoms with Crippen LogP contribution in [0.5, 0.6) is 0 Å². The minimum atomic E-state index is -0.144. The Kier molecular flexibility index (Phi) is 3.92. The second-order valence-corrected chi connectivity index (χ2v) is 4.48. The van der Waals surface area contributed by atoms with Gasteiger partial charge in [-0.2, -0.15) is 0 Å². The van der Waals surface area contributed by atoms with E-state index in [1.165, 1.54) is 6.07 Å². The second-order valence-electron chi connectivity index (χ2n) is 4.48. The molecule has 1 aromatic heterocycles. The van der Waals surface area contributed by atoms with Gasteiger partial charge in [-0.05, 0) is 44.0 Å². The fourth-order valence-corrected chi connectivity index (χ4v) is 1.95. The fraction of sp³-hybridized carbons (Fsp3) is 0.267. The van der Waals surface area contributed by atoms with Gasteiger partial charge in [0.05, 0.1) is 11.4 Å². The number of aryl methyl sites for hydroxylation is 1. The first kappa shape index (κ1) is 12.6. The molecule has 0 radical (unpaired) electrons. The van der Waals surface area contributed by atoms with Crippen molar-refractivity contribution < 1.29 is 4.39 Å². The van der Waals surface area contributed by atoms with Crippen LogP contribution in [0.3, 0.4) is 0 Å². The van der Waals surface area contributed by atoms with Crippen LogP contribution in [0.2, 0.25) is 0 Å². The zero-order chi connectivity index (χ0) is 13.0. The largest absolute Gasteiger partial charge is 0.381 e. The van der Waals surface area contributed by atoms with E-state index in [1.54, 1.807) is 12.3 Å². The molecule has 0 bridgehead atoms. The molecular weight excluding hydrogens is 227 g/mol. The van der Waals surface area contributed by atoms with E-state index < -0.39 is 0 Å². The van der Waals surface area contributed by atoms with Crippen LogP contribution in [0.1, 0.15) is 18.2 Å². The summed E-state index contributed by atoms with van der Waals surface area (Å²) in [6, 6.07) is 10.9. The molecule has 1 atom stereocenters. The maximum absolute atomic E-state index is 13.5. The van der Waals surface area contributed by atoms with Gasteiger partial charge in [0, 0.05) is 12.2 Å². The highest BCUT2D eigenvalue weighted by atomic mass is 19.1. The van der Waals surface area contributed by atoms with Crippen LogP contribution in [0, 0.1) is 12.7 Å². The molecule has 94 valence electrons. The molecule has 0 spiro atoms. The lowest BCUT2D eigenvalue weighted by atomic mass is 10.1. The van der Waals surface area contributed by atoms with Crippen LogP contribution < -0.4 is 5.32 Å². The molecule has 2 aromatic rings. The van der Waals surface area contributed by atoms with Gasteiger partial charge >= 0.3 is 0 Å². The number of nitrogens with zero attached hydrogens (tertiary/aromatic N) is 1. The monoisotopic (exact) mass is 244 g/mol. The molecule has 0 fully saturated rings. The van der Waals surface area contributed by atoms with Crippen LogP contribution in [-0.4, -0.2) is 11.0 Å². The van der Waals surface area contributed by atoms with Gasteiger partial charge in [0.15, 0.2) is 0 Å². The summed E-state index contributed by atoms with van der Waals surface area (Å²) in [5, 5.41) is 3.36. The molecule has 3 heteroatoms. The van der Waals surface area contributed by atoms with Gasteiger partial charge in [0.2, 0.25) is 0 Å². The van der Waals surface area contributed by atoms with E-state index in [-0.39, 0.29) is 11.9 Å². The third kappa shape index (κ3) is 3.06.